The van der Waals surface area contributed by atoms with Gasteiger partial charge in [-0.1, -0.05) is 20.8 Å². The molecule has 0 bridgehead atoms. The van der Waals surface area contributed by atoms with Gasteiger partial charge in [-0.05, 0) is 117 Å². The Labute approximate surface area is 166 Å². The van der Waals surface area contributed by atoms with Crippen molar-refractivity contribution in [2.45, 2.75) is 104 Å². The molecule has 4 saturated carbocycles. The van der Waals surface area contributed by atoms with Crippen molar-refractivity contribution in [3.05, 3.63) is 0 Å². The lowest BCUT2D eigenvalue weighted by Gasteiger charge is -2.61. The molecule has 0 aliphatic heterocycles. The number of rotatable bonds is 4. The Kier molecular flexibility index (Phi) is 5.28. The van der Waals surface area contributed by atoms with Crippen molar-refractivity contribution in [2.24, 2.45) is 46.3 Å². The van der Waals surface area contributed by atoms with E-state index in [9.17, 15) is 9.90 Å². The molecule has 4 aliphatic rings. The SMILES string of the molecule is CC(=O)CCC(C)C1CCC2C3CCC4C[C@H](O)CC[C@]4(C)C3CC[C@]12C. The molecule has 154 valence electrons. The van der Waals surface area contributed by atoms with Crippen LogP contribution in [0, 0.1) is 46.3 Å². The quantitative estimate of drug-likeness (QED) is 0.654. The predicted molar refractivity (Wildman–Crippen MR) is 110 cm³/mol. The number of hydrogen-bond donors (Lipinski definition) is 1. The Morgan fingerprint density at radius 1 is 1.00 bits per heavy atom. The van der Waals surface area contributed by atoms with Gasteiger partial charge in [-0.3, -0.25) is 0 Å². The minimum absolute atomic E-state index is 0.0357. The maximum atomic E-state index is 11.5. The van der Waals surface area contributed by atoms with Crippen molar-refractivity contribution in [1.29, 1.82) is 0 Å². The molecular formula is C25H42O2. The van der Waals surface area contributed by atoms with E-state index in [0.717, 1.165) is 55.3 Å². The van der Waals surface area contributed by atoms with E-state index < -0.39 is 0 Å². The molecule has 0 aromatic carbocycles. The van der Waals surface area contributed by atoms with Gasteiger partial charge in [0.2, 0.25) is 0 Å². The molecule has 0 spiro atoms. The Bertz CT molecular complexity index is 571. The predicted octanol–water partition coefficient (Wildman–Crippen LogP) is 6.01. The highest BCUT2D eigenvalue weighted by molar-refractivity contribution is 5.75. The summed E-state index contributed by atoms with van der Waals surface area (Å²) in [6, 6.07) is 0. The smallest absolute Gasteiger partial charge is 0.129 e. The molecule has 4 rings (SSSR count). The van der Waals surface area contributed by atoms with Crippen molar-refractivity contribution < 1.29 is 9.90 Å². The van der Waals surface area contributed by atoms with Crippen LogP contribution in [0.3, 0.4) is 0 Å². The number of aliphatic hydroxyl groups excluding tert-OH is 1. The van der Waals surface area contributed by atoms with Gasteiger partial charge in [0.05, 0.1) is 6.10 Å². The van der Waals surface area contributed by atoms with E-state index in [1.807, 2.05) is 0 Å². The van der Waals surface area contributed by atoms with Gasteiger partial charge in [0, 0.05) is 6.42 Å². The topological polar surface area (TPSA) is 37.3 Å². The van der Waals surface area contributed by atoms with Crippen molar-refractivity contribution in [3.63, 3.8) is 0 Å². The lowest BCUT2D eigenvalue weighted by atomic mass is 9.44. The summed E-state index contributed by atoms with van der Waals surface area (Å²) in [6.07, 6.45) is 13.6. The maximum absolute atomic E-state index is 11.5. The van der Waals surface area contributed by atoms with Crippen LogP contribution >= 0.6 is 0 Å². The summed E-state index contributed by atoms with van der Waals surface area (Å²) in [5.41, 5.74) is 0.997. The highest BCUT2D eigenvalue weighted by atomic mass is 16.3. The van der Waals surface area contributed by atoms with E-state index in [-0.39, 0.29) is 6.10 Å². The second kappa shape index (κ2) is 7.15. The highest BCUT2D eigenvalue weighted by Crippen LogP contribution is 2.68. The number of aliphatic hydroxyl groups is 1. The zero-order valence-corrected chi connectivity index (χ0v) is 18.2. The fraction of sp³-hybridized carbons (Fsp3) is 0.960. The van der Waals surface area contributed by atoms with Gasteiger partial charge in [0.1, 0.15) is 5.78 Å². The maximum Gasteiger partial charge on any atom is 0.129 e. The second-order valence-corrected chi connectivity index (χ2v) is 11.5. The molecule has 27 heavy (non-hydrogen) atoms. The summed E-state index contributed by atoms with van der Waals surface area (Å²) < 4.78 is 0. The molecule has 1 N–H and O–H groups in total. The van der Waals surface area contributed by atoms with Gasteiger partial charge in [-0.2, -0.15) is 0 Å². The fourth-order valence-electron chi connectivity index (χ4n) is 8.84. The van der Waals surface area contributed by atoms with E-state index in [4.69, 9.17) is 0 Å². The molecular weight excluding hydrogens is 332 g/mol. The average Bonchev–Trinajstić information content (AvgIpc) is 2.97. The molecule has 4 fully saturated rings. The van der Waals surface area contributed by atoms with Gasteiger partial charge < -0.3 is 9.90 Å². The van der Waals surface area contributed by atoms with Crippen LogP contribution in [-0.4, -0.2) is 17.0 Å². The first-order valence-corrected chi connectivity index (χ1v) is 11.9. The van der Waals surface area contributed by atoms with Gasteiger partial charge >= 0.3 is 0 Å². The van der Waals surface area contributed by atoms with Crippen LogP contribution in [0.2, 0.25) is 0 Å². The monoisotopic (exact) mass is 374 g/mol. The number of carbonyl (C=O) groups is 1. The summed E-state index contributed by atoms with van der Waals surface area (Å²) in [6.45, 7) is 9.38. The van der Waals surface area contributed by atoms with Gasteiger partial charge in [-0.15, -0.1) is 0 Å². The van der Waals surface area contributed by atoms with Crippen LogP contribution in [0.25, 0.3) is 0 Å². The van der Waals surface area contributed by atoms with Crippen LogP contribution in [0.5, 0.6) is 0 Å². The minimum Gasteiger partial charge on any atom is -0.393 e. The lowest BCUT2D eigenvalue weighted by Crippen LogP contribution is -2.54. The molecule has 2 nitrogen and oxygen atoms in total. The minimum atomic E-state index is -0.0357. The molecule has 4 aliphatic carbocycles. The van der Waals surface area contributed by atoms with E-state index in [1.54, 1.807) is 6.92 Å². The highest BCUT2D eigenvalue weighted by Gasteiger charge is 2.60. The van der Waals surface area contributed by atoms with Crippen LogP contribution in [0.1, 0.15) is 98.3 Å². The zero-order valence-electron chi connectivity index (χ0n) is 18.2. The third-order valence-electron chi connectivity index (χ3n) is 10.4. The molecule has 0 aromatic rings. The molecule has 0 saturated heterocycles. The number of Topliss-reactive ketones (excluding diaryl/α,β-unsaturated/α-hetero) is 1. The first kappa shape index (κ1) is 19.9. The van der Waals surface area contributed by atoms with Crippen LogP contribution in [0.15, 0.2) is 0 Å². The standard InChI is InChI=1S/C25H42O2/c1-16(5-6-17(2)26)21-9-10-22-20-8-7-18-15-19(27)11-13-24(18,3)23(20)12-14-25(21,22)4/h16,18-23,27H,5-15H2,1-4H3/t16?,18?,19-,20?,21?,22?,23?,24+,25-/m1/s1. The molecule has 0 radical (unpaired) electrons. The molecule has 2 heteroatoms. The van der Waals surface area contributed by atoms with Gasteiger partial charge in [0.25, 0.3) is 0 Å². The molecule has 0 heterocycles. The van der Waals surface area contributed by atoms with Crippen molar-refractivity contribution in [1.82, 2.24) is 0 Å². The Morgan fingerprint density at radius 3 is 2.44 bits per heavy atom. The van der Waals surface area contributed by atoms with Crippen LogP contribution in [0.4, 0.5) is 0 Å². The van der Waals surface area contributed by atoms with Crippen LogP contribution < -0.4 is 0 Å². The molecule has 0 amide bonds. The summed E-state index contributed by atoms with van der Waals surface area (Å²) in [5, 5.41) is 10.2. The fourth-order valence-corrected chi connectivity index (χ4v) is 8.84. The van der Waals surface area contributed by atoms with Crippen molar-refractivity contribution >= 4 is 5.78 Å². The molecule has 0 aromatic heterocycles. The summed E-state index contributed by atoms with van der Waals surface area (Å²) in [5.74, 6) is 5.36. The largest absolute Gasteiger partial charge is 0.393 e. The third kappa shape index (κ3) is 3.22. The lowest BCUT2D eigenvalue weighted by molar-refractivity contribution is -0.129. The summed E-state index contributed by atoms with van der Waals surface area (Å²) >= 11 is 0. The third-order valence-corrected chi connectivity index (χ3v) is 10.4. The van der Waals surface area contributed by atoms with E-state index in [0.29, 0.717) is 22.5 Å². The first-order valence-electron chi connectivity index (χ1n) is 11.9. The van der Waals surface area contributed by atoms with Crippen LogP contribution in [-0.2, 0) is 4.79 Å². The normalized spacial score (nSPS) is 50.4. The average molecular weight is 375 g/mol. The number of hydrogen-bond acceptors (Lipinski definition) is 2. The summed E-state index contributed by atoms with van der Waals surface area (Å²) in [4.78, 5) is 11.5. The Hall–Kier alpha value is -0.370. The van der Waals surface area contributed by atoms with Crippen molar-refractivity contribution in [2.75, 3.05) is 0 Å². The Morgan fingerprint density at radius 2 is 1.70 bits per heavy atom. The number of carbonyl (C=O) groups excluding carboxylic acids is 1. The van der Waals surface area contributed by atoms with Gasteiger partial charge in [0.15, 0.2) is 0 Å². The van der Waals surface area contributed by atoms with Gasteiger partial charge in [-0.25, -0.2) is 0 Å². The zero-order chi connectivity index (χ0) is 19.4. The first-order chi connectivity index (χ1) is 12.8. The van der Waals surface area contributed by atoms with E-state index in [2.05, 4.69) is 20.8 Å². The summed E-state index contributed by atoms with van der Waals surface area (Å²) in [7, 11) is 0. The number of fused-ring (bicyclic) bond motifs is 5. The van der Waals surface area contributed by atoms with Crippen molar-refractivity contribution in [3.8, 4) is 0 Å². The number of ketones is 1. The second-order valence-electron chi connectivity index (χ2n) is 11.5. The molecule has 6 unspecified atom stereocenters. The van der Waals surface area contributed by atoms with E-state index >= 15 is 0 Å². The molecule has 9 atom stereocenters. The van der Waals surface area contributed by atoms with E-state index in [1.165, 1.54) is 44.9 Å². The Balaban J connectivity index is 1.51.